The summed E-state index contributed by atoms with van der Waals surface area (Å²) in [5.41, 5.74) is 11.4. The average Bonchev–Trinajstić information content (AvgIpc) is 2.74. The van der Waals surface area contributed by atoms with Crippen LogP contribution in [0.3, 0.4) is 0 Å². The molecule has 0 saturated carbocycles. The largest absolute Gasteiger partial charge is 0.326 e. The summed E-state index contributed by atoms with van der Waals surface area (Å²) in [4.78, 5) is 17.7. The van der Waals surface area contributed by atoms with Crippen LogP contribution in [0.25, 0.3) is 33.3 Å². The molecule has 0 fully saturated rings. The highest BCUT2D eigenvalue weighted by Gasteiger charge is 2.13. The van der Waals surface area contributed by atoms with E-state index in [1.165, 1.54) is 0 Å². The van der Waals surface area contributed by atoms with Crippen molar-refractivity contribution < 1.29 is 0 Å². The lowest BCUT2D eigenvalue weighted by atomic mass is 9.97. The topological polar surface area (TPSA) is 60.9 Å². The van der Waals surface area contributed by atoms with Gasteiger partial charge < -0.3 is 10.3 Å². The van der Waals surface area contributed by atoms with E-state index in [1.807, 2.05) is 73.7 Å². The van der Waals surface area contributed by atoms with Crippen molar-refractivity contribution in [3.8, 4) is 22.4 Å². The molecule has 4 nitrogen and oxygen atoms in total. The molecule has 0 amide bonds. The van der Waals surface area contributed by atoms with E-state index in [4.69, 9.17) is 10.7 Å². The molecule has 0 bridgehead atoms. The Labute approximate surface area is 157 Å². The molecule has 0 unspecified atom stereocenters. The molecule has 2 aromatic carbocycles. The molecule has 27 heavy (non-hydrogen) atoms. The molecule has 0 saturated heterocycles. The molecule has 0 radical (unpaired) electrons. The summed E-state index contributed by atoms with van der Waals surface area (Å²) >= 11 is 0. The summed E-state index contributed by atoms with van der Waals surface area (Å²) in [5, 5.41) is 0.639. The molecule has 2 N–H and O–H groups in total. The van der Waals surface area contributed by atoms with E-state index in [0.29, 0.717) is 24.0 Å². The summed E-state index contributed by atoms with van der Waals surface area (Å²) in [6, 6.07) is 22.1. The Hall–Kier alpha value is -3.24. The van der Waals surface area contributed by atoms with Crippen LogP contribution in [0, 0.1) is 0 Å². The highest BCUT2D eigenvalue weighted by Crippen LogP contribution is 2.32. The van der Waals surface area contributed by atoms with Gasteiger partial charge in [-0.15, -0.1) is 0 Å². The molecule has 134 valence electrons. The van der Waals surface area contributed by atoms with E-state index in [0.717, 1.165) is 27.9 Å². The van der Waals surface area contributed by atoms with E-state index < -0.39 is 0 Å². The van der Waals surface area contributed by atoms with Crippen LogP contribution >= 0.6 is 0 Å². The van der Waals surface area contributed by atoms with Crippen LogP contribution in [0.2, 0.25) is 0 Å². The van der Waals surface area contributed by atoms with Gasteiger partial charge in [-0.2, -0.15) is 0 Å². The van der Waals surface area contributed by atoms with Crippen molar-refractivity contribution in [3.05, 3.63) is 88.8 Å². The Morgan fingerprint density at radius 1 is 0.963 bits per heavy atom. The van der Waals surface area contributed by atoms with Crippen molar-refractivity contribution in [2.75, 3.05) is 0 Å². The van der Waals surface area contributed by atoms with Crippen molar-refractivity contribution >= 4 is 10.9 Å². The zero-order valence-electron chi connectivity index (χ0n) is 15.2. The minimum atomic E-state index is -0.00953. The average molecular weight is 355 g/mol. The lowest BCUT2D eigenvalue weighted by Crippen LogP contribution is -2.18. The van der Waals surface area contributed by atoms with E-state index >= 15 is 0 Å². The summed E-state index contributed by atoms with van der Waals surface area (Å²) in [5.74, 6) is 0. The molecule has 2 heterocycles. The Morgan fingerprint density at radius 3 is 2.37 bits per heavy atom. The highest BCUT2D eigenvalue weighted by atomic mass is 16.1. The lowest BCUT2D eigenvalue weighted by molar-refractivity contribution is 0.734. The standard InChI is InChI=1S/C23H21N3O/c1-2-26-13-12-21-20(23(26)27)14-19(17-6-4-3-5-7-17)22(25-21)18-10-8-16(15-24)9-11-18/h3-14H,2,15,24H2,1H3. The number of nitrogens with two attached hydrogens (primary N) is 1. The van der Waals surface area contributed by atoms with Crippen LogP contribution in [0.1, 0.15) is 12.5 Å². The third kappa shape index (κ3) is 3.15. The summed E-state index contributed by atoms with van der Waals surface area (Å²) in [6.07, 6.45) is 1.81. The molecule has 4 aromatic rings. The Morgan fingerprint density at radius 2 is 1.70 bits per heavy atom. The molecular weight excluding hydrogens is 334 g/mol. The molecule has 0 aliphatic heterocycles. The fraction of sp³-hybridized carbons (Fsp3) is 0.130. The smallest absolute Gasteiger partial charge is 0.260 e. The SMILES string of the molecule is CCn1ccc2nc(-c3ccc(CN)cc3)c(-c3ccccc3)cc2c1=O. The lowest BCUT2D eigenvalue weighted by Gasteiger charge is -2.13. The Kier molecular flexibility index (Phi) is 4.57. The van der Waals surface area contributed by atoms with Crippen LogP contribution in [0.4, 0.5) is 0 Å². The Balaban J connectivity index is 2.02. The minimum Gasteiger partial charge on any atom is -0.326 e. The molecule has 0 atom stereocenters. The van der Waals surface area contributed by atoms with E-state index in [9.17, 15) is 4.79 Å². The van der Waals surface area contributed by atoms with Crippen LogP contribution in [0.5, 0.6) is 0 Å². The number of fused-ring (bicyclic) bond motifs is 1. The number of pyridine rings is 2. The summed E-state index contributed by atoms with van der Waals surface area (Å²) in [6.45, 7) is 3.11. The van der Waals surface area contributed by atoms with E-state index in [2.05, 4.69) is 0 Å². The fourth-order valence-electron chi connectivity index (χ4n) is 3.31. The van der Waals surface area contributed by atoms with Crippen LogP contribution in [-0.4, -0.2) is 9.55 Å². The number of hydrogen-bond acceptors (Lipinski definition) is 3. The molecule has 0 spiro atoms. The predicted molar refractivity (Wildman–Crippen MR) is 110 cm³/mol. The quantitative estimate of drug-likeness (QED) is 0.596. The van der Waals surface area contributed by atoms with Gasteiger partial charge in [-0.3, -0.25) is 4.79 Å². The predicted octanol–water partition coefficient (Wildman–Crippen LogP) is 4.21. The van der Waals surface area contributed by atoms with E-state index in [1.54, 1.807) is 10.8 Å². The van der Waals surface area contributed by atoms with Crippen LogP contribution < -0.4 is 11.3 Å². The maximum Gasteiger partial charge on any atom is 0.260 e. The number of nitrogens with zero attached hydrogens (tertiary/aromatic N) is 2. The zero-order valence-corrected chi connectivity index (χ0v) is 15.2. The van der Waals surface area contributed by atoms with Crippen molar-refractivity contribution in [3.63, 3.8) is 0 Å². The van der Waals surface area contributed by atoms with Gasteiger partial charge in [0.25, 0.3) is 5.56 Å². The van der Waals surface area contributed by atoms with Crippen molar-refractivity contribution in [2.24, 2.45) is 5.73 Å². The van der Waals surface area contributed by atoms with Crippen molar-refractivity contribution in [1.82, 2.24) is 9.55 Å². The molecule has 4 rings (SSSR count). The van der Waals surface area contributed by atoms with Crippen LogP contribution in [-0.2, 0) is 13.1 Å². The van der Waals surface area contributed by atoms with Gasteiger partial charge in [0, 0.05) is 30.4 Å². The van der Waals surface area contributed by atoms with Gasteiger partial charge in [0.05, 0.1) is 16.6 Å². The van der Waals surface area contributed by atoms with Gasteiger partial charge in [-0.25, -0.2) is 4.98 Å². The van der Waals surface area contributed by atoms with Gasteiger partial charge in [0.2, 0.25) is 0 Å². The van der Waals surface area contributed by atoms with Crippen molar-refractivity contribution in [1.29, 1.82) is 0 Å². The van der Waals surface area contributed by atoms with Gasteiger partial charge in [0.1, 0.15) is 0 Å². The second-order valence-electron chi connectivity index (χ2n) is 6.49. The monoisotopic (exact) mass is 355 g/mol. The van der Waals surface area contributed by atoms with Gasteiger partial charge in [-0.05, 0) is 30.2 Å². The number of aromatic nitrogens is 2. The second kappa shape index (κ2) is 7.17. The first-order valence-corrected chi connectivity index (χ1v) is 9.10. The third-order valence-electron chi connectivity index (χ3n) is 4.84. The third-order valence-corrected chi connectivity index (χ3v) is 4.84. The minimum absolute atomic E-state index is 0.00953. The number of rotatable bonds is 4. The molecular formula is C23H21N3O. The van der Waals surface area contributed by atoms with Crippen molar-refractivity contribution in [2.45, 2.75) is 20.0 Å². The number of aryl methyl sites for hydroxylation is 1. The van der Waals surface area contributed by atoms with Gasteiger partial charge in [-0.1, -0.05) is 54.6 Å². The Bertz CT molecular complexity index is 1150. The van der Waals surface area contributed by atoms with Gasteiger partial charge in [0.15, 0.2) is 0 Å². The molecule has 0 aliphatic rings. The first-order valence-electron chi connectivity index (χ1n) is 9.10. The second-order valence-corrected chi connectivity index (χ2v) is 6.49. The number of benzene rings is 2. The zero-order chi connectivity index (χ0) is 18.8. The summed E-state index contributed by atoms with van der Waals surface area (Å²) in [7, 11) is 0. The summed E-state index contributed by atoms with van der Waals surface area (Å²) < 4.78 is 1.70. The van der Waals surface area contributed by atoms with E-state index in [-0.39, 0.29) is 5.56 Å². The van der Waals surface area contributed by atoms with Crippen LogP contribution in [0.15, 0.2) is 77.7 Å². The maximum absolute atomic E-state index is 12.8. The number of hydrogen-bond donors (Lipinski definition) is 1. The highest BCUT2D eigenvalue weighted by molar-refractivity contribution is 5.91. The first kappa shape index (κ1) is 17.2. The first-order chi connectivity index (χ1) is 13.2. The molecule has 4 heteroatoms. The normalized spacial score (nSPS) is 11.0. The molecule has 2 aromatic heterocycles. The fourth-order valence-corrected chi connectivity index (χ4v) is 3.31. The molecule has 0 aliphatic carbocycles. The maximum atomic E-state index is 12.8. The van der Waals surface area contributed by atoms with Gasteiger partial charge >= 0.3 is 0 Å².